The van der Waals surface area contributed by atoms with Gasteiger partial charge in [0.25, 0.3) is 0 Å². The van der Waals surface area contributed by atoms with E-state index in [0.717, 1.165) is 43.4 Å². The lowest BCUT2D eigenvalue weighted by molar-refractivity contribution is -0.116. The first-order chi connectivity index (χ1) is 17.7. The average Bonchev–Trinajstić information content (AvgIpc) is 3.33. The second-order valence-corrected chi connectivity index (χ2v) is 8.94. The lowest BCUT2D eigenvalue weighted by Gasteiger charge is -2.21. The third-order valence-corrected chi connectivity index (χ3v) is 6.27. The molecule has 0 spiro atoms. The highest BCUT2D eigenvalue weighted by atomic mass is 16.3. The Morgan fingerprint density at radius 1 is 1.00 bits per heavy atom. The fraction of sp³-hybridized carbons (Fsp3) is 0.267. The molecule has 0 fully saturated rings. The molecular weight excluding hydrogens is 448 g/mol. The zero-order valence-electron chi connectivity index (χ0n) is 20.6. The molecule has 2 heterocycles. The molecule has 0 aliphatic rings. The highest BCUT2D eigenvalue weighted by Gasteiger charge is 2.09. The Morgan fingerprint density at radius 2 is 1.83 bits per heavy atom. The number of aryl methyl sites for hydroxylation is 1. The maximum Gasteiger partial charge on any atom is 0.244 e. The van der Waals surface area contributed by atoms with Gasteiger partial charge in [-0.3, -0.25) is 14.7 Å². The van der Waals surface area contributed by atoms with Crippen molar-refractivity contribution < 1.29 is 9.90 Å². The summed E-state index contributed by atoms with van der Waals surface area (Å²) in [4.78, 5) is 21.7. The Hall–Kier alpha value is -3.74. The van der Waals surface area contributed by atoms with Gasteiger partial charge in [0, 0.05) is 61.7 Å². The summed E-state index contributed by atoms with van der Waals surface area (Å²) in [5.41, 5.74) is 5.87. The van der Waals surface area contributed by atoms with Crippen molar-refractivity contribution in [3.63, 3.8) is 0 Å². The Bertz CT molecular complexity index is 1250. The van der Waals surface area contributed by atoms with Gasteiger partial charge in [0.15, 0.2) is 0 Å². The SMILES string of the molecule is O=C(/C=C/c1cccnc1)NCCCc1ccc(CN(CCO)CCc2c[nH]c3ccccc23)cc1. The number of carbonyl (C=O) groups is 1. The molecule has 0 atom stereocenters. The third kappa shape index (κ3) is 7.63. The molecule has 0 aliphatic heterocycles. The molecule has 0 bridgehead atoms. The smallest absolute Gasteiger partial charge is 0.244 e. The van der Waals surface area contributed by atoms with Crippen molar-refractivity contribution in [1.82, 2.24) is 20.2 Å². The second kappa shape index (κ2) is 13.4. The first-order valence-electron chi connectivity index (χ1n) is 12.5. The first-order valence-corrected chi connectivity index (χ1v) is 12.5. The van der Waals surface area contributed by atoms with E-state index in [1.807, 2.05) is 18.2 Å². The van der Waals surface area contributed by atoms with E-state index < -0.39 is 0 Å². The Balaban J connectivity index is 1.20. The van der Waals surface area contributed by atoms with Crippen molar-refractivity contribution in [2.75, 3.05) is 26.2 Å². The molecule has 2 aromatic heterocycles. The Labute approximate surface area is 212 Å². The molecule has 3 N–H and O–H groups in total. The summed E-state index contributed by atoms with van der Waals surface area (Å²) in [6.07, 6.45) is 11.6. The number of hydrogen-bond donors (Lipinski definition) is 3. The molecular formula is C30H34N4O2. The molecule has 6 nitrogen and oxygen atoms in total. The summed E-state index contributed by atoms with van der Waals surface area (Å²) < 4.78 is 0. The van der Waals surface area contributed by atoms with Crippen LogP contribution in [-0.4, -0.2) is 52.1 Å². The van der Waals surface area contributed by atoms with Crippen LogP contribution < -0.4 is 5.32 Å². The first kappa shape index (κ1) is 25.4. The van der Waals surface area contributed by atoms with Gasteiger partial charge in [-0.15, -0.1) is 0 Å². The van der Waals surface area contributed by atoms with Crippen LogP contribution in [0.3, 0.4) is 0 Å². The van der Waals surface area contributed by atoms with Crippen molar-refractivity contribution in [3.05, 3.63) is 108 Å². The second-order valence-electron chi connectivity index (χ2n) is 8.94. The summed E-state index contributed by atoms with van der Waals surface area (Å²) in [7, 11) is 0. The minimum atomic E-state index is -0.0918. The van der Waals surface area contributed by atoms with Gasteiger partial charge < -0.3 is 15.4 Å². The number of aromatic amines is 1. The largest absolute Gasteiger partial charge is 0.395 e. The Kier molecular flexibility index (Phi) is 9.42. The summed E-state index contributed by atoms with van der Waals surface area (Å²) in [6.45, 7) is 3.13. The van der Waals surface area contributed by atoms with Gasteiger partial charge in [-0.05, 0) is 59.7 Å². The number of H-pyrrole nitrogens is 1. The topological polar surface area (TPSA) is 81.2 Å². The van der Waals surface area contributed by atoms with Crippen molar-refractivity contribution in [2.45, 2.75) is 25.8 Å². The number of aromatic nitrogens is 2. The number of pyridine rings is 1. The van der Waals surface area contributed by atoms with Crippen LogP contribution in [0.4, 0.5) is 0 Å². The fourth-order valence-electron chi connectivity index (χ4n) is 4.31. The van der Waals surface area contributed by atoms with Gasteiger partial charge >= 0.3 is 0 Å². The number of aliphatic hydroxyl groups is 1. The number of aliphatic hydroxyl groups excluding tert-OH is 1. The number of benzene rings is 2. The number of amides is 1. The zero-order valence-corrected chi connectivity index (χ0v) is 20.6. The minimum Gasteiger partial charge on any atom is -0.395 e. The molecule has 186 valence electrons. The van der Waals surface area contributed by atoms with Gasteiger partial charge in [-0.25, -0.2) is 0 Å². The van der Waals surface area contributed by atoms with Crippen LogP contribution in [0.1, 0.15) is 28.7 Å². The molecule has 0 saturated carbocycles. The standard InChI is InChI=1S/C30H34N4O2/c35-20-19-34(18-15-27-22-33-29-8-2-1-7-28(27)29)23-26-11-9-24(10-12-26)5-4-17-32-30(36)14-13-25-6-3-16-31-21-25/h1-3,6-14,16,21-22,33,35H,4-5,15,17-20,23H2,(H,32,36)/b14-13+. The van der Waals surface area contributed by atoms with E-state index in [1.54, 1.807) is 24.5 Å². The van der Waals surface area contributed by atoms with E-state index in [4.69, 9.17) is 0 Å². The lowest BCUT2D eigenvalue weighted by atomic mass is 10.1. The van der Waals surface area contributed by atoms with Gasteiger partial charge in [0.1, 0.15) is 0 Å². The summed E-state index contributed by atoms with van der Waals surface area (Å²) in [5.74, 6) is -0.0918. The van der Waals surface area contributed by atoms with Gasteiger partial charge in [-0.2, -0.15) is 0 Å². The summed E-state index contributed by atoms with van der Waals surface area (Å²) >= 11 is 0. The van der Waals surface area contributed by atoms with E-state index in [9.17, 15) is 9.90 Å². The molecule has 0 aliphatic carbocycles. The van der Waals surface area contributed by atoms with Crippen LogP contribution in [0.5, 0.6) is 0 Å². The predicted molar refractivity (Wildman–Crippen MR) is 145 cm³/mol. The molecule has 36 heavy (non-hydrogen) atoms. The third-order valence-electron chi connectivity index (χ3n) is 6.27. The normalized spacial score (nSPS) is 11.5. The fourth-order valence-corrected chi connectivity index (χ4v) is 4.31. The molecule has 4 rings (SSSR count). The van der Waals surface area contributed by atoms with Crippen molar-refractivity contribution in [2.24, 2.45) is 0 Å². The lowest BCUT2D eigenvalue weighted by Crippen LogP contribution is -2.28. The number of rotatable bonds is 13. The number of carbonyl (C=O) groups excluding carboxylic acids is 1. The summed E-state index contributed by atoms with van der Waals surface area (Å²) in [5, 5.41) is 13.8. The van der Waals surface area contributed by atoms with E-state index >= 15 is 0 Å². The molecule has 0 unspecified atom stereocenters. The molecule has 2 aromatic carbocycles. The maximum absolute atomic E-state index is 12.0. The van der Waals surface area contributed by atoms with E-state index in [0.29, 0.717) is 13.1 Å². The van der Waals surface area contributed by atoms with Crippen molar-refractivity contribution in [1.29, 1.82) is 0 Å². The van der Waals surface area contributed by atoms with Crippen molar-refractivity contribution in [3.8, 4) is 0 Å². The van der Waals surface area contributed by atoms with Crippen LogP contribution in [-0.2, 0) is 24.2 Å². The van der Waals surface area contributed by atoms with Crippen LogP contribution in [0.15, 0.2) is 85.3 Å². The number of hydrogen-bond acceptors (Lipinski definition) is 4. The Morgan fingerprint density at radius 3 is 2.64 bits per heavy atom. The van der Waals surface area contributed by atoms with Gasteiger partial charge in [0.05, 0.1) is 6.61 Å². The number of nitrogens with one attached hydrogen (secondary N) is 2. The van der Waals surface area contributed by atoms with Crippen LogP contribution in [0, 0.1) is 0 Å². The van der Waals surface area contributed by atoms with Gasteiger partial charge in [-0.1, -0.05) is 48.5 Å². The van der Waals surface area contributed by atoms with E-state index in [-0.39, 0.29) is 12.5 Å². The van der Waals surface area contributed by atoms with Crippen LogP contribution in [0.25, 0.3) is 17.0 Å². The zero-order chi connectivity index (χ0) is 25.0. The molecule has 4 aromatic rings. The van der Waals surface area contributed by atoms with Crippen LogP contribution in [0.2, 0.25) is 0 Å². The molecule has 0 radical (unpaired) electrons. The predicted octanol–water partition coefficient (Wildman–Crippen LogP) is 4.36. The monoisotopic (exact) mass is 482 g/mol. The van der Waals surface area contributed by atoms with E-state index in [2.05, 4.69) is 68.8 Å². The average molecular weight is 483 g/mol. The number of para-hydroxylation sites is 1. The summed E-state index contributed by atoms with van der Waals surface area (Å²) in [6, 6.07) is 20.8. The highest BCUT2D eigenvalue weighted by molar-refractivity contribution is 5.91. The molecule has 0 saturated heterocycles. The quantitative estimate of drug-likeness (QED) is 0.195. The van der Waals surface area contributed by atoms with Crippen molar-refractivity contribution >= 4 is 22.9 Å². The maximum atomic E-state index is 12.0. The minimum absolute atomic E-state index is 0.0918. The number of nitrogens with zero attached hydrogens (tertiary/aromatic N) is 2. The molecule has 6 heteroatoms. The van der Waals surface area contributed by atoms with E-state index in [1.165, 1.54) is 22.1 Å². The highest BCUT2D eigenvalue weighted by Crippen LogP contribution is 2.19. The number of fused-ring (bicyclic) bond motifs is 1. The van der Waals surface area contributed by atoms with Gasteiger partial charge in [0.2, 0.25) is 5.91 Å². The molecule has 1 amide bonds. The van der Waals surface area contributed by atoms with Crippen LogP contribution >= 0.6 is 0 Å².